The molecule has 2 rings (SSSR count). The van der Waals surface area contributed by atoms with E-state index in [0.717, 1.165) is 13.1 Å². The van der Waals surface area contributed by atoms with Crippen molar-refractivity contribution in [1.82, 2.24) is 10.6 Å². The van der Waals surface area contributed by atoms with Gasteiger partial charge in [-0.1, -0.05) is 87.4 Å². The maximum atomic E-state index is 3.80. The van der Waals surface area contributed by atoms with Crippen LogP contribution in [0.5, 0.6) is 0 Å². The molecule has 0 heterocycles. The molecule has 0 aromatic heterocycles. The van der Waals surface area contributed by atoms with Crippen LogP contribution in [0.25, 0.3) is 0 Å². The molecule has 24 heavy (non-hydrogen) atoms. The summed E-state index contributed by atoms with van der Waals surface area (Å²) in [4.78, 5) is 0. The molecular weight excluding hydrogens is 292 g/mol. The summed E-state index contributed by atoms with van der Waals surface area (Å²) in [6, 6.07) is 22.3. The maximum absolute atomic E-state index is 3.80. The maximum Gasteiger partial charge on any atom is 0.0518 e. The SMILES string of the molecule is CCCCN[C@H](c1ccccc1)[C@@H](NCCCC)c1ccccc1. The van der Waals surface area contributed by atoms with Crippen LogP contribution in [0.3, 0.4) is 0 Å². The Morgan fingerprint density at radius 1 is 0.625 bits per heavy atom. The van der Waals surface area contributed by atoms with Crippen molar-refractivity contribution in [3.63, 3.8) is 0 Å². The molecule has 2 N–H and O–H groups in total. The second-order valence-electron chi connectivity index (χ2n) is 6.39. The Labute approximate surface area is 147 Å². The third-order valence-corrected chi connectivity index (χ3v) is 4.44. The summed E-state index contributed by atoms with van der Waals surface area (Å²) in [5.41, 5.74) is 2.71. The van der Waals surface area contributed by atoms with Crippen LogP contribution in [-0.2, 0) is 0 Å². The number of rotatable bonds is 11. The first-order valence-corrected chi connectivity index (χ1v) is 9.43. The van der Waals surface area contributed by atoms with Gasteiger partial charge in [-0.3, -0.25) is 0 Å². The van der Waals surface area contributed by atoms with Crippen molar-refractivity contribution in [2.45, 2.75) is 51.6 Å². The molecule has 2 aromatic rings. The molecule has 0 amide bonds. The first-order valence-electron chi connectivity index (χ1n) is 9.43. The molecule has 2 aromatic carbocycles. The second kappa shape index (κ2) is 11.0. The highest BCUT2D eigenvalue weighted by atomic mass is 15.0. The zero-order valence-electron chi connectivity index (χ0n) is 15.2. The highest BCUT2D eigenvalue weighted by Gasteiger charge is 2.23. The molecule has 0 bridgehead atoms. The fourth-order valence-corrected chi connectivity index (χ4v) is 3.05. The van der Waals surface area contributed by atoms with Gasteiger partial charge in [-0.05, 0) is 37.1 Å². The van der Waals surface area contributed by atoms with Gasteiger partial charge >= 0.3 is 0 Å². The average molecular weight is 325 g/mol. The minimum Gasteiger partial charge on any atom is -0.308 e. The normalized spacial score (nSPS) is 13.6. The predicted molar refractivity (Wildman–Crippen MR) is 104 cm³/mol. The van der Waals surface area contributed by atoms with Crippen LogP contribution in [0, 0.1) is 0 Å². The van der Waals surface area contributed by atoms with Gasteiger partial charge in [0.1, 0.15) is 0 Å². The fraction of sp³-hybridized carbons (Fsp3) is 0.455. The van der Waals surface area contributed by atoms with E-state index in [1.807, 2.05) is 0 Å². The topological polar surface area (TPSA) is 24.1 Å². The van der Waals surface area contributed by atoms with E-state index in [1.54, 1.807) is 0 Å². The van der Waals surface area contributed by atoms with Crippen molar-refractivity contribution in [3.05, 3.63) is 71.8 Å². The van der Waals surface area contributed by atoms with E-state index in [0.29, 0.717) is 0 Å². The van der Waals surface area contributed by atoms with Gasteiger partial charge in [0.2, 0.25) is 0 Å². The Kier molecular flexibility index (Phi) is 8.58. The highest BCUT2D eigenvalue weighted by Crippen LogP contribution is 2.29. The zero-order chi connectivity index (χ0) is 17.0. The molecular formula is C22H32N2. The van der Waals surface area contributed by atoms with E-state index < -0.39 is 0 Å². The smallest absolute Gasteiger partial charge is 0.0518 e. The van der Waals surface area contributed by atoms with E-state index in [4.69, 9.17) is 0 Å². The summed E-state index contributed by atoms with van der Waals surface area (Å²) >= 11 is 0. The van der Waals surface area contributed by atoms with Gasteiger partial charge in [0, 0.05) is 0 Å². The molecule has 0 aliphatic rings. The highest BCUT2D eigenvalue weighted by molar-refractivity contribution is 5.27. The molecule has 2 atom stereocenters. The molecule has 0 radical (unpaired) electrons. The molecule has 0 aliphatic heterocycles. The van der Waals surface area contributed by atoms with Gasteiger partial charge in [0.05, 0.1) is 12.1 Å². The number of unbranched alkanes of at least 4 members (excludes halogenated alkanes) is 2. The van der Waals surface area contributed by atoms with Crippen molar-refractivity contribution in [3.8, 4) is 0 Å². The lowest BCUT2D eigenvalue weighted by Gasteiger charge is -2.30. The minimum absolute atomic E-state index is 0.289. The summed E-state index contributed by atoms with van der Waals surface area (Å²) in [6.45, 7) is 6.59. The van der Waals surface area contributed by atoms with Crippen LogP contribution < -0.4 is 10.6 Å². The number of benzene rings is 2. The van der Waals surface area contributed by atoms with Crippen LogP contribution in [0.1, 0.15) is 62.7 Å². The molecule has 2 heteroatoms. The van der Waals surface area contributed by atoms with Gasteiger partial charge in [-0.25, -0.2) is 0 Å². The van der Waals surface area contributed by atoms with Crippen LogP contribution in [-0.4, -0.2) is 13.1 Å². The monoisotopic (exact) mass is 324 g/mol. The summed E-state index contributed by atoms with van der Waals surface area (Å²) in [5, 5.41) is 7.60. The van der Waals surface area contributed by atoms with Gasteiger partial charge in [0.15, 0.2) is 0 Å². The zero-order valence-corrected chi connectivity index (χ0v) is 15.2. The number of nitrogens with one attached hydrogen (secondary N) is 2. The van der Waals surface area contributed by atoms with Crippen molar-refractivity contribution >= 4 is 0 Å². The van der Waals surface area contributed by atoms with Crippen LogP contribution >= 0.6 is 0 Å². The Balaban J connectivity index is 2.24. The lowest BCUT2D eigenvalue weighted by atomic mass is 9.93. The molecule has 0 saturated carbocycles. The largest absolute Gasteiger partial charge is 0.308 e. The van der Waals surface area contributed by atoms with Gasteiger partial charge in [-0.2, -0.15) is 0 Å². The molecule has 0 saturated heterocycles. The van der Waals surface area contributed by atoms with Crippen molar-refractivity contribution in [2.24, 2.45) is 0 Å². The molecule has 2 nitrogen and oxygen atoms in total. The van der Waals surface area contributed by atoms with Crippen LogP contribution in [0.15, 0.2) is 60.7 Å². The van der Waals surface area contributed by atoms with Gasteiger partial charge in [0.25, 0.3) is 0 Å². The quantitative estimate of drug-likeness (QED) is 0.552. The van der Waals surface area contributed by atoms with E-state index >= 15 is 0 Å². The predicted octanol–water partition coefficient (Wildman–Crippen LogP) is 5.25. The van der Waals surface area contributed by atoms with Crippen molar-refractivity contribution in [2.75, 3.05) is 13.1 Å². The Morgan fingerprint density at radius 2 is 1.00 bits per heavy atom. The third kappa shape index (κ3) is 5.77. The molecule has 0 unspecified atom stereocenters. The Morgan fingerprint density at radius 3 is 1.33 bits per heavy atom. The van der Waals surface area contributed by atoms with E-state index in [-0.39, 0.29) is 12.1 Å². The van der Waals surface area contributed by atoms with Crippen LogP contribution in [0.2, 0.25) is 0 Å². The van der Waals surface area contributed by atoms with Gasteiger partial charge < -0.3 is 10.6 Å². The molecule has 0 spiro atoms. The molecule has 0 aliphatic carbocycles. The Bertz CT molecular complexity index is 487. The van der Waals surface area contributed by atoms with Crippen LogP contribution in [0.4, 0.5) is 0 Å². The summed E-state index contributed by atoms with van der Waals surface area (Å²) in [6.07, 6.45) is 4.85. The lowest BCUT2D eigenvalue weighted by Crippen LogP contribution is -2.36. The van der Waals surface area contributed by atoms with E-state index in [1.165, 1.54) is 36.8 Å². The second-order valence-corrected chi connectivity index (χ2v) is 6.39. The van der Waals surface area contributed by atoms with Gasteiger partial charge in [-0.15, -0.1) is 0 Å². The standard InChI is InChI=1S/C22H32N2/c1-3-5-17-23-21(19-13-9-7-10-14-19)22(24-18-6-4-2)20-15-11-8-12-16-20/h7-16,21-24H,3-6,17-18H2,1-2H3/t21-,22+. The summed E-state index contributed by atoms with van der Waals surface area (Å²) in [7, 11) is 0. The lowest BCUT2D eigenvalue weighted by molar-refractivity contribution is 0.379. The summed E-state index contributed by atoms with van der Waals surface area (Å²) < 4.78 is 0. The van der Waals surface area contributed by atoms with E-state index in [2.05, 4.69) is 85.1 Å². The third-order valence-electron chi connectivity index (χ3n) is 4.44. The van der Waals surface area contributed by atoms with Crippen molar-refractivity contribution in [1.29, 1.82) is 0 Å². The first kappa shape index (κ1) is 18.7. The van der Waals surface area contributed by atoms with E-state index in [9.17, 15) is 0 Å². The molecule has 0 fully saturated rings. The molecule has 130 valence electrons. The summed E-state index contributed by atoms with van der Waals surface area (Å²) in [5.74, 6) is 0. The first-order chi connectivity index (χ1) is 11.9. The fourth-order valence-electron chi connectivity index (χ4n) is 3.05. The Hall–Kier alpha value is -1.64. The number of hydrogen-bond acceptors (Lipinski definition) is 2. The minimum atomic E-state index is 0.289. The van der Waals surface area contributed by atoms with Crippen molar-refractivity contribution < 1.29 is 0 Å². The average Bonchev–Trinajstić information content (AvgIpc) is 2.65. The number of hydrogen-bond donors (Lipinski definition) is 2.